The van der Waals surface area contributed by atoms with Crippen LogP contribution >= 0.6 is 11.8 Å². The number of nitrogens with zero attached hydrogens (tertiary/aromatic N) is 1. The van der Waals surface area contributed by atoms with Gasteiger partial charge in [0, 0.05) is 18.2 Å². The highest BCUT2D eigenvalue weighted by molar-refractivity contribution is 7.99. The van der Waals surface area contributed by atoms with Crippen LogP contribution in [0.3, 0.4) is 0 Å². The van der Waals surface area contributed by atoms with Crippen molar-refractivity contribution in [1.29, 1.82) is 0 Å². The van der Waals surface area contributed by atoms with Crippen molar-refractivity contribution in [2.75, 3.05) is 18.2 Å². The zero-order chi connectivity index (χ0) is 10.8. The van der Waals surface area contributed by atoms with Crippen molar-refractivity contribution >= 4 is 17.5 Å². The molecule has 0 amide bonds. The average Bonchev–Trinajstić information content (AvgIpc) is 2.46. The van der Waals surface area contributed by atoms with Crippen molar-refractivity contribution in [3.8, 4) is 0 Å². The zero-order valence-corrected chi connectivity index (χ0v) is 10.5. The van der Waals surface area contributed by atoms with E-state index in [1.165, 1.54) is 0 Å². The number of hydrogen-bond donors (Lipinski definition) is 0. The first-order chi connectivity index (χ1) is 6.40. The number of ketones is 1. The van der Waals surface area contributed by atoms with Crippen molar-refractivity contribution in [2.24, 2.45) is 5.41 Å². The molecular formula is C11H21NOS. The molecule has 1 saturated heterocycles. The molecule has 0 aromatic heterocycles. The third-order valence-electron chi connectivity index (χ3n) is 2.59. The summed E-state index contributed by atoms with van der Waals surface area (Å²) in [4.78, 5) is 13.6. The minimum atomic E-state index is 0.183. The molecule has 1 rings (SSSR count). The van der Waals surface area contributed by atoms with Gasteiger partial charge in [-0.1, -0.05) is 20.8 Å². The van der Waals surface area contributed by atoms with Gasteiger partial charge in [-0.3, -0.25) is 9.69 Å². The quantitative estimate of drug-likeness (QED) is 0.721. The van der Waals surface area contributed by atoms with E-state index < -0.39 is 0 Å². The Kier molecular flexibility index (Phi) is 4.02. The maximum absolute atomic E-state index is 11.3. The number of carbonyl (C=O) groups is 1. The summed E-state index contributed by atoms with van der Waals surface area (Å²) in [6, 6.07) is 0.183. The van der Waals surface area contributed by atoms with E-state index >= 15 is 0 Å². The molecule has 3 heteroatoms. The van der Waals surface area contributed by atoms with Gasteiger partial charge in [0.15, 0.2) is 0 Å². The topological polar surface area (TPSA) is 20.3 Å². The molecule has 1 aliphatic heterocycles. The second-order valence-corrected chi connectivity index (χ2v) is 6.25. The summed E-state index contributed by atoms with van der Waals surface area (Å²) < 4.78 is 0. The van der Waals surface area contributed by atoms with E-state index in [4.69, 9.17) is 0 Å². The van der Waals surface area contributed by atoms with Crippen molar-refractivity contribution in [1.82, 2.24) is 4.90 Å². The van der Waals surface area contributed by atoms with Gasteiger partial charge in [0.2, 0.25) is 0 Å². The molecule has 0 spiro atoms. The Bertz CT molecular complexity index is 210. The number of carbonyl (C=O) groups excluding carboxylic acids is 1. The highest BCUT2D eigenvalue weighted by Gasteiger charge is 2.28. The highest BCUT2D eigenvalue weighted by Crippen LogP contribution is 2.25. The minimum Gasteiger partial charge on any atom is -0.298 e. The van der Waals surface area contributed by atoms with E-state index in [1.54, 1.807) is 6.92 Å². The zero-order valence-electron chi connectivity index (χ0n) is 9.67. The second-order valence-electron chi connectivity index (χ2n) is 5.25. The van der Waals surface area contributed by atoms with E-state index in [1.807, 2.05) is 11.8 Å². The van der Waals surface area contributed by atoms with Crippen LogP contribution in [-0.4, -0.2) is 34.9 Å². The fraction of sp³-hybridized carbons (Fsp3) is 0.909. The van der Waals surface area contributed by atoms with Crippen LogP contribution in [0.1, 0.15) is 34.1 Å². The fourth-order valence-electron chi connectivity index (χ4n) is 1.55. The summed E-state index contributed by atoms with van der Waals surface area (Å²) in [7, 11) is 0. The maximum atomic E-state index is 11.3. The number of hydrogen-bond acceptors (Lipinski definition) is 3. The van der Waals surface area contributed by atoms with Gasteiger partial charge in [-0.05, 0) is 18.8 Å². The molecule has 1 atom stereocenters. The summed E-state index contributed by atoms with van der Waals surface area (Å²) in [6.07, 6.45) is 1.16. The van der Waals surface area contributed by atoms with Crippen LogP contribution in [-0.2, 0) is 4.79 Å². The van der Waals surface area contributed by atoms with Crippen molar-refractivity contribution in [3.05, 3.63) is 0 Å². The van der Waals surface area contributed by atoms with Crippen LogP contribution in [0.5, 0.6) is 0 Å². The normalized spacial score (nSPS) is 24.1. The highest BCUT2D eigenvalue weighted by atomic mass is 32.2. The average molecular weight is 215 g/mol. The van der Waals surface area contributed by atoms with Gasteiger partial charge in [-0.15, -0.1) is 11.8 Å². The largest absolute Gasteiger partial charge is 0.298 e. The summed E-state index contributed by atoms with van der Waals surface area (Å²) in [6.45, 7) is 9.51. The van der Waals surface area contributed by atoms with E-state index in [9.17, 15) is 4.79 Å². The lowest BCUT2D eigenvalue weighted by molar-refractivity contribution is -0.120. The smallest absolute Gasteiger partial charge is 0.147 e. The third kappa shape index (κ3) is 3.62. The van der Waals surface area contributed by atoms with Gasteiger partial charge in [0.05, 0.1) is 6.04 Å². The van der Waals surface area contributed by atoms with E-state index in [0.29, 0.717) is 11.2 Å². The van der Waals surface area contributed by atoms with Crippen molar-refractivity contribution < 1.29 is 4.79 Å². The Morgan fingerprint density at radius 3 is 2.64 bits per heavy atom. The Labute approximate surface area is 91.4 Å². The molecule has 0 aromatic rings. The molecule has 2 nitrogen and oxygen atoms in total. The molecule has 1 heterocycles. The predicted molar refractivity (Wildman–Crippen MR) is 62.6 cm³/mol. The summed E-state index contributed by atoms with van der Waals surface area (Å²) in [5.74, 6) is 2.34. The fourth-order valence-corrected chi connectivity index (χ4v) is 2.87. The molecule has 0 radical (unpaired) electrons. The molecular weight excluding hydrogens is 194 g/mol. The van der Waals surface area contributed by atoms with E-state index in [2.05, 4.69) is 25.7 Å². The predicted octanol–water partition coefficient (Wildman–Crippen LogP) is 2.39. The number of thioether (sulfide) groups is 1. The number of Topliss-reactive ketones (excluding diaryl/α,β-unsaturated/α-hetero) is 1. The van der Waals surface area contributed by atoms with Gasteiger partial charge in [-0.25, -0.2) is 0 Å². The van der Waals surface area contributed by atoms with Crippen LogP contribution < -0.4 is 0 Å². The Balaban J connectivity index is 2.40. The molecule has 1 aliphatic rings. The molecule has 1 unspecified atom stereocenters. The number of rotatable bonds is 3. The molecule has 0 saturated carbocycles. The monoisotopic (exact) mass is 215 g/mol. The summed E-state index contributed by atoms with van der Waals surface area (Å²) in [5, 5.41) is 0. The van der Waals surface area contributed by atoms with Gasteiger partial charge in [0.25, 0.3) is 0 Å². The van der Waals surface area contributed by atoms with Crippen LogP contribution in [0, 0.1) is 5.41 Å². The molecule has 0 aliphatic carbocycles. The molecule has 0 bridgehead atoms. The SMILES string of the molecule is CC(=O)C1CSCN1CCC(C)(C)C. The maximum Gasteiger partial charge on any atom is 0.147 e. The Morgan fingerprint density at radius 1 is 1.50 bits per heavy atom. The Morgan fingerprint density at radius 2 is 2.14 bits per heavy atom. The van der Waals surface area contributed by atoms with Crippen LogP contribution in [0.25, 0.3) is 0 Å². The first-order valence-corrected chi connectivity index (χ1v) is 6.38. The molecule has 82 valence electrons. The van der Waals surface area contributed by atoms with Crippen LogP contribution in [0.2, 0.25) is 0 Å². The first kappa shape index (κ1) is 12.1. The van der Waals surface area contributed by atoms with E-state index in [-0.39, 0.29) is 6.04 Å². The lowest BCUT2D eigenvalue weighted by Crippen LogP contribution is -2.38. The van der Waals surface area contributed by atoms with Gasteiger partial charge < -0.3 is 0 Å². The Hall–Kier alpha value is -0.0200. The molecule has 0 aromatic carbocycles. The standard InChI is InChI=1S/C11H21NOS/c1-9(13)10-7-14-8-12(10)6-5-11(2,3)4/h10H,5-8H2,1-4H3. The molecule has 0 N–H and O–H groups in total. The molecule has 14 heavy (non-hydrogen) atoms. The minimum absolute atomic E-state index is 0.183. The van der Waals surface area contributed by atoms with Gasteiger partial charge in [-0.2, -0.15) is 0 Å². The van der Waals surface area contributed by atoms with Crippen molar-refractivity contribution in [2.45, 2.75) is 40.2 Å². The summed E-state index contributed by atoms with van der Waals surface area (Å²) >= 11 is 1.87. The van der Waals surface area contributed by atoms with Crippen LogP contribution in [0.4, 0.5) is 0 Å². The van der Waals surface area contributed by atoms with Gasteiger partial charge >= 0.3 is 0 Å². The summed E-state index contributed by atoms with van der Waals surface area (Å²) in [5.41, 5.74) is 0.370. The third-order valence-corrected chi connectivity index (χ3v) is 3.66. The lowest BCUT2D eigenvalue weighted by Gasteiger charge is -2.26. The first-order valence-electron chi connectivity index (χ1n) is 5.22. The van der Waals surface area contributed by atoms with Crippen LogP contribution in [0.15, 0.2) is 0 Å². The van der Waals surface area contributed by atoms with Gasteiger partial charge in [0.1, 0.15) is 5.78 Å². The molecule has 1 fully saturated rings. The van der Waals surface area contributed by atoms with E-state index in [0.717, 1.165) is 24.6 Å². The van der Waals surface area contributed by atoms with Crippen molar-refractivity contribution in [3.63, 3.8) is 0 Å². The lowest BCUT2D eigenvalue weighted by atomic mass is 9.92. The second kappa shape index (κ2) is 4.67.